The Morgan fingerprint density at radius 3 is 2.40 bits per heavy atom. The molecule has 0 bridgehead atoms. The summed E-state index contributed by atoms with van der Waals surface area (Å²) in [7, 11) is 0. The van der Waals surface area contributed by atoms with E-state index >= 15 is 0 Å². The van der Waals surface area contributed by atoms with Gasteiger partial charge in [0.05, 0.1) is 6.04 Å². The maximum Gasteiger partial charge on any atom is 0.387 e. The molecule has 2 aromatic rings. The molecule has 3 amide bonds. The molecule has 2 rings (SSSR count). The van der Waals surface area contributed by atoms with Crippen molar-refractivity contribution in [3.8, 4) is 5.75 Å². The van der Waals surface area contributed by atoms with Gasteiger partial charge in [0.2, 0.25) is 0 Å². The largest absolute Gasteiger partial charge is 0.434 e. The monoisotopic (exact) mass is 419 g/mol. The molecule has 0 fully saturated rings. The molecule has 0 spiro atoms. The first-order valence-corrected chi connectivity index (χ1v) is 9.63. The number of carbonyl (C=O) groups is 2. The summed E-state index contributed by atoms with van der Waals surface area (Å²) in [6, 6.07) is 11.8. The fourth-order valence-electron chi connectivity index (χ4n) is 2.85. The molecule has 1 atom stereocenters. The molecule has 2 aromatic carbocycles. The van der Waals surface area contributed by atoms with Crippen LogP contribution >= 0.6 is 0 Å². The Balaban J connectivity index is 2.10. The highest BCUT2D eigenvalue weighted by atomic mass is 19.3. The van der Waals surface area contributed by atoms with Crippen LogP contribution in [0.5, 0.6) is 5.75 Å². The topological polar surface area (TPSA) is 79.5 Å². The lowest BCUT2D eigenvalue weighted by molar-refractivity contribution is -0.0506. The van der Waals surface area contributed by atoms with E-state index in [1.807, 2.05) is 27.7 Å². The van der Waals surface area contributed by atoms with Gasteiger partial charge in [0.1, 0.15) is 5.75 Å². The SMILES string of the molecule is CCC(NC(=O)Nc1cccc(C(=O)NC(C)(C)C)c1)c1ccccc1OC(F)F. The number of rotatable bonds is 7. The maximum absolute atomic E-state index is 12.7. The van der Waals surface area contributed by atoms with E-state index < -0.39 is 18.7 Å². The van der Waals surface area contributed by atoms with Crippen molar-refractivity contribution in [2.45, 2.75) is 52.3 Å². The number of hydrogen-bond acceptors (Lipinski definition) is 3. The lowest BCUT2D eigenvalue weighted by Gasteiger charge is -2.21. The highest BCUT2D eigenvalue weighted by Gasteiger charge is 2.19. The van der Waals surface area contributed by atoms with Crippen molar-refractivity contribution in [3.05, 3.63) is 59.7 Å². The van der Waals surface area contributed by atoms with Gasteiger partial charge < -0.3 is 20.7 Å². The molecule has 0 radical (unpaired) electrons. The Morgan fingerprint density at radius 2 is 1.77 bits per heavy atom. The molecule has 6 nitrogen and oxygen atoms in total. The number of alkyl halides is 2. The predicted octanol–water partition coefficient (Wildman–Crippen LogP) is 5.09. The van der Waals surface area contributed by atoms with Gasteiger partial charge in [-0.2, -0.15) is 8.78 Å². The number of hydrogen-bond donors (Lipinski definition) is 3. The van der Waals surface area contributed by atoms with Crippen LogP contribution in [0.15, 0.2) is 48.5 Å². The summed E-state index contributed by atoms with van der Waals surface area (Å²) < 4.78 is 29.9. The van der Waals surface area contributed by atoms with Gasteiger partial charge in [0.25, 0.3) is 5.91 Å². The van der Waals surface area contributed by atoms with Gasteiger partial charge in [-0.3, -0.25) is 4.79 Å². The van der Waals surface area contributed by atoms with Crippen LogP contribution in [0.3, 0.4) is 0 Å². The molecule has 162 valence electrons. The summed E-state index contributed by atoms with van der Waals surface area (Å²) in [6.07, 6.45) is 0.463. The van der Waals surface area contributed by atoms with Crippen molar-refractivity contribution in [2.75, 3.05) is 5.32 Å². The number of ether oxygens (including phenoxy) is 1. The summed E-state index contributed by atoms with van der Waals surface area (Å²) in [6.45, 7) is 4.49. The molecule has 0 aliphatic carbocycles. The molecule has 0 aliphatic rings. The summed E-state index contributed by atoms with van der Waals surface area (Å²) in [5.74, 6) is -0.239. The van der Waals surface area contributed by atoms with Crippen LogP contribution in [0, 0.1) is 0 Å². The number of anilines is 1. The van der Waals surface area contributed by atoms with Crippen LogP contribution in [-0.4, -0.2) is 24.1 Å². The van der Waals surface area contributed by atoms with E-state index in [2.05, 4.69) is 20.7 Å². The molecule has 0 saturated carbocycles. The van der Waals surface area contributed by atoms with E-state index in [9.17, 15) is 18.4 Å². The third-order valence-corrected chi connectivity index (χ3v) is 4.10. The van der Waals surface area contributed by atoms with E-state index in [-0.39, 0.29) is 17.2 Å². The van der Waals surface area contributed by atoms with Crippen molar-refractivity contribution in [2.24, 2.45) is 0 Å². The van der Waals surface area contributed by atoms with Crippen molar-refractivity contribution in [3.63, 3.8) is 0 Å². The highest BCUT2D eigenvalue weighted by molar-refractivity contribution is 5.97. The Bertz CT molecular complexity index is 882. The minimum atomic E-state index is -2.96. The molecule has 8 heteroatoms. The van der Waals surface area contributed by atoms with Crippen LogP contribution in [0.4, 0.5) is 19.3 Å². The molecule has 0 aromatic heterocycles. The van der Waals surface area contributed by atoms with E-state index in [0.717, 1.165) is 0 Å². The van der Waals surface area contributed by atoms with Gasteiger partial charge in [-0.1, -0.05) is 31.2 Å². The van der Waals surface area contributed by atoms with Gasteiger partial charge in [-0.05, 0) is 51.5 Å². The molecular formula is C22H27F2N3O3. The van der Waals surface area contributed by atoms with Crippen LogP contribution in [0.1, 0.15) is 56.1 Å². The van der Waals surface area contributed by atoms with Crippen molar-refractivity contribution >= 4 is 17.6 Å². The number of halogens is 2. The van der Waals surface area contributed by atoms with Crippen LogP contribution in [-0.2, 0) is 0 Å². The van der Waals surface area contributed by atoms with E-state index in [1.165, 1.54) is 6.07 Å². The van der Waals surface area contributed by atoms with Gasteiger partial charge in [0.15, 0.2) is 0 Å². The average Bonchev–Trinajstić information content (AvgIpc) is 2.65. The first-order valence-electron chi connectivity index (χ1n) is 9.63. The van der Waals surface area contributed by atoms with E-state index in [4.69, 9.17) is 0 Å². The Morgan fingerprint density at radius 1 is 1.07 bits per heavy atom. The first-order chi connectivity index (χ1) is 14.1. The molecule has 30 heavy (non-hydrogen) atoms. The maximum atomic E-state index is 12.7. The molecule has 3 N–H and O–H groups in total. The molecule has 0 heterocycles. The fourth-order valence-corrected chi connectivity index (χ4v) is 2.85. The minimum Gasteiger partial charge on any atom is -0.434 e. The quantitative estimate of drug-likeness (QED) is 0.585. The number of nitrogens with one attached hydrogen (secondary N) is 3. The van der Waals surface area contributed by atoms with Gasteiger partial charge in [-0.25, -0.2) is 4.79 Å². The standard InChI is InChI=1S/C22H27F2N3O3/c1-5-17(16-11-6-7-12-18(16)30-20(23)24)26-21(29)25-15-10-8-9-14(13-15)19(28)27-22(2,3)4/h6-13,17,20H,5H2,1-4H3,(H,27,28)(H2,25,26,29). The van der Waals surface area contributed by atoms with Gasteiger partial charge in [-0.15, -0.1) is 0 Å². The zero-order valence-electron chi connectivity index (χ0n) is 17.5. The summed E-state index contributed by atoms with van der Waals surface area (Å²) in [5, 5.41) is 8.29. The van der Waals surface area contributed by atoms with Crippen LogP contribution in [0.25, 0.3) is 0 Å². The third kappa shape index (κ3) is 7.02. The normalized spacial score (nSPS) is 12.2. The fraction of sp³-hybridized carbons (Fsp3) is 0.364. The number of para-hydroxylation sites is 1. The number of carbonyl (C=O) groups excluding carboxylic acids is 2. The van der Waals surface area contributed by atoms with Crippen LogP contribution < -0.4 is 20.7 Å². The second kappa shape index (κ2) is 10.0. The smallest absolute Gasteiger partial charge is 0.387 e. The van der Waals surface area contributed by atoms with Crippen molar-refractivity contribution < 1.29 is 23.1 Å². The number of benzene rings is 2. The number of amides is 3. The average molecular weight is 419 g/mol. The second-order valence-corrected chi connectivity index (χ2v) is 7.76. The molecule has 0 aliphatic heterocycles. The summed E-state index contributed by atoms with van der Waals surface area (Å²) >= 11 is 0. The Labute approximate surface area is 175 Å². The van der Waals surface area contributed by atoms with Gasteiger partial charge >= 0.3 is 12.6 Å². The minimum absolute atomic E-state index is 0.0144. The zero-order chi connectivity index (χ0) is 22.3. The Hall–Kier alpha value is -3.16. The third-order valence-electron chi connectivity index (χ3n) is 4.10. The second-order valence-electron chi connectivity index (χ2n) is 7.76. The van der Waals surface area contributed by atoms with Crippen molar-refractivity contribution in [1.82, 2.24) is 10.6 Å². The summed E-state index contributed by atoms with van der Waals surface area (Å²) in [5.41, 5.74) is 0.903. The zero-order valence-corrected chi connectivity index (χ0v) is 17.5. The lowest BCUT2D eigenvalue weighted by atomic mass is 10.0. The molecule has 1 unspecified atom stereocenters. The predicted molar refractivity (Wildman–Crippen MR) is 112 cm³/mol. The lowest BCUT2D eigenvalue weighted by Crippen LogP contribution is -2.40. The van der Waals surface area contributed by atoms with E-state index in [1.54, 1.807) is 42.5 Å². The van der Waals surface area contributed by atoms with Crippen LogP contribution in [0.2, 0.25) is 0 Å². The highest BCUT2D eigenvalue weighted by Crippen LogP contribution is 2.28. The summed E-state index contributed by atoms with van der Waals surface area (Å²) in [4.78, 5) is 24.8. The van der Waals surface area contributed by atoms with E-state index in [0.29, 0.717) is 23.2 Å². The molecular weight excluding hydrogens is 392 g/mol. The van der Waals surface area contributed by atoms with Crippen molar-refractivity contribution in [1.29, 1.82) is 0 Å². The van der Waals surface area contributed by atoms with Gasteiger partial charge in [0, 0.05) is 22.4 Å². The first kappa shape index (κ1) is 23.1. The number of urea groups is 1. The Kier molecular flexibility index (Phi) is 7.74. The molecule has 0 saturated heterocycles.